The smallest absolute Gasteiger partial charge is 0.300 e. The zero-order chi connectivity index (χ0) is 22.9. The van der Waals surface area contributed by atoms with Crippen molar-refractivity contribution in [2.24, 2.45) is 0 Å². The molecule has 2 fully saturated rings. The van der Waals surface area contributed by atoms with Gasteiger partial charge < -0.3 is 14.4 Å². The number of Topliss-reactive ketones (excluding diaryl/α,β-unsaturated/α-hetero) is 1. The molecule has 2 saturated heterocycles. The molecule has 1 atom stereocenters. The minimum absolute atomic E-state index is 0.000608. The van der Waals surface area contributed by atoms with Crippen molar-refractivity contribution >= 4 is 28.8 Å². The van der Waals surface area contributed by atoms with Crippen molar-refractivity contribution in [1.29, 1.82) is 0 Å². The number of hydrogen-bond acceptors (Lipinski definition) is 6. The largest absolute Gasteiger partial charge is 0.507 e. The number of amides is 1. The third-order valence-electron chi connectivity index (χ3n) is 6.28. The summed E-state index contributed by atoms with van der Waals surface area (Å²) in [6.07, 6.45) is 6.64. The number of nitrogens with zero attached hydrogens (tertiary/aromatic N) is 3. The van der Waals surface area contributed by atoms with Gasteiger partial charge in [0.05, 0.1) is 5.57 Å². The molecule has 7 nitrogen and oxygen atoms in total. The van der Waals surface area contributed by atoms with Crippen molar-refractivity contribution in [3.63, 3.8) is 0 Å². The summed E-state index contributed by atoms with van der Waals surface area (Å²) >= 11 is 0. The number of rotatable bonds is 4. The molecule has 2 aromatic heterocycles. The van der Waals surface area contributed by atoms with Gasteiger partial charge in [0.2, 0.25) is 0 Å². The van der Waals surface area contributed by atoms with Crippen LogP contribution in [-0.4, -0.2) is 34.9 Å². The normalized spacial score (nSPS) is 20.5. The number of benzene rings is 1. The molecule has 1 N–H and O–H groups in total. The minimum Gasteiger partial charge on any atom is -0.507 e. The van der Waals surface area contributed by atoms with Gasteiger partial charge >= 0.3 is 0 Å². The molecule has 0 radical (unpaired) electrons. The summed E-state index contributed by atoms with van der Waals surface area (Å²) in [7, 11) is 0. The minimum atomic E-state index is -0.868. The van der Waals surface area contributed by atoms with Gasteiger partial charge in [-0.05, 0) is 74.7 Å². The first-order valence-electron chi connectivity index (χ1n) is 11.2. The lowest BCUT2D eigenvalue weighted by Gasteiger charge is -2.29. The predicted octanol–water partition coefficient (Wildman–Crippen LogP) is 4.60. The highest BCUT2D eigenvalue weighted by molar-refractivity contribution is 6.51. The Morgan fingerprint density at radius 1 is 0.939 bits per heavy atom. The van der Waals surface area contributed by atoms with Crippen molar-refractivity contribution in [1.82, 2.24) is 4.98 Å². The molecule has 168 valence electrons. The number of piperidine rings is 1. The van der Waals surface area contributed by atoms with Crippen molar-refractivity contribution in [3.8, 4) is 0 Å². The number of ketones is 1. The highest BCUT2D eigenvalue weighted by atomic mass is 16.3. The molecule has 1 unspecified atom stereocenters. The lowest BCUT2D eigenvalue weighted by molar-refractivity contribution is -0.132. The van der Waals surface area contributed by atoms with Crippen LogP contribution in [0.3, 0.4) is 0 Å². The Morgan fingerprint density at radius 3 is 2.24 bits per heavy atom. The number of aliphatic hydroxyl groups excluding tert-OH is 1. The number of carbonyl (C=O) groups excluding carboxylic acids is 2. The molecule has 1 aromatic carbocycles. The molecule has 2 aliphatic heterocycles. The van der Waals surface area contributed by atoms with E-state index in [4.69, 9.17) is 4.42 Å². The Bertz CT molecular complexity index is 1210. The number of anilines is 2. The standard InChI is InChI=1S/C26H25N3O4/c1-17-5-10-21(33-17)23-22(24(30)18-11-13-27-14-12-18)25(31)26(32)29(23)20-8-6-19(7-9-20)28-15-3-2-4-16-28/h5-14,23,30H,2-4,15-16H2,1H3/b24-22-. The maximum absolute atomic E-state index is 13.2. The van der Waals surface area contributed by atoms with Crippen LogP contribution in [0.1, 0.15) is 42.4 Å². The van der Waals surface area contributed by atoms with Crippen LogP contribution in [0.5, 0.6) is 0 Å². The first kappa shape index (κ1) is 21.0. The van der Waals surface area contributed by atoms with Crippen molar-refractivity contribution in [2.45, 2.75) is 32.2 Å². The summed E-state index contributed by atoms with van der Waals surface area (Å²) in [6.45, 7) is 3.83. The fraction of sp³-hybridized carbons (Fsp3) is 0.269. The van der Waals surface area contributed by atoms with Crippen molar-refractivity contribution in [3.05, 3.63) is 83.6 Å². The second-order valence-electron chi connectivity index (χ2n) is 8.42. The molecule has 0 aliphatic carbocycles. The summed E-state index contributed by atoms with van der Waals surface area (Å²) in [5, 5.41) is 11.0. The van der Waals surface area contributed by atoms with Crippen LogP contribution in [0.2, 0.25) is 0 Å². The van der Waals surface area contributed by atoms with E-state index < -0.39 is 17.7 Å². The molecule has 0 spiro atoms. The molecule has 0 bridgehead atoms. The van der Waals surface area contributed by atoms with Crippen LogP contribution >= 0.6 is 0 Å². The Morgan fingerprint density at radius 2 is 1.61 bits per heavy atom. The first-order chi connectivity index (χ1) is 16.0. The Labute approximate surface area is 192 Å². The second kappa shape index (κ2) is 8.58. The Kier molecular flexibility index (Phi) is 5.46. The lowest BCUT2D eigenvalue weighted by Crippen LogP contribution is -2.30. The fourth-order valence-electron chi connectivity index (χ4n) is 4.61. The SMILES string of the molecule is Cc1ccc(C2/C(=C(/O)c3ccncc3)C(=O)C(=O)N2c2ccc(N3CCCCC3)cc2)o1. The van der Waals surface area contributed by atoms with Gasteiger partial charge in [-0.3, -0.25) is 19.5 Å². The highest BCUT2D eigenvalue weighted by Gasteiger charge is 2.48. The predicted molar refractivity (Wildman–Crippen MR) is 125 cm³/mol. The second-order valence-corrected chi connectivity index (χ2v) is 8.42. The Hall–Kier alpha value is -3.87. The molecular weight excluding hydrogens is 418 g/mol. The molecule has 4 heterocycles. The zero-order valence-corrected chi connectivity index (χ0v) is 18.4. The maximum Gasteiger partial charge on any atom is 0.300 e. The summed E-state index contributed by atoms with van der Waals surface area (Å²) in [5.41, 5.74) is 2.08. The number of aliphatic hydroxyl groups is 1. The monoisotopic (exact) mass is 443 g/mol. The van der Waals surface area contributed by atoms with Gasteiger partial charge in [0.1, 0.15) is 23.3 Å². The van der Waals surface area contributed by atoms with E-state index in [1.807, 2.05) is 24.3 Å². The molecule has 5 rings (SSSR count). The van der Waals surface area contributed by atoms with Gasteiger partial charge in [0.15, 0.2) is 0 Å². The van der Waals surface area contributed by atoms with Crippen LogP contribution in [0.15, 0.2) is 70.9 Å². The lowest BCUT2D eigenvalue weighted by atomic mass is 9.99. The van der Waals surface area contributed by atoms with Crippen LogP contribution in [0, 0.1) is 6.92 Å². The van der Waals surface area contributed by atoms with Crippen molar-refractivity contribution < 1.29 is 19.1 Å². The van der Waals surface area contributed by atoms with Gasteiger partial charge in [-0.2, -0.15) is 0 Å². The van der Waals surface area contributed by atoms with Gasteiger partial charge in [0, 0.05) is 42.4 Å². The third-order valence-corrected chi connectivity index (χ3v) is 6.28. The topological polar surface area (TPSA) is 86.9 Å². The molecule has 1 amide bonds. The quantitative estimate of drug-likeness (QED) is 0.360. The molecule has 7 heteroatoms. The number of aryl methyl sites for hydroxylation is 1. The van der Waals surface area contributed by atoms with E-state index in [-0.39, 0.29) is 11.3 Å². The number of furan rings is 1. The molecule has 3 aromatic rings. The molecular formula is C26H25N3O4. The van der Waals surface area contributed by atoms with Crippen LogP contribution < -0.4 is 9.80 Å². The van der Waals surface area contributed by atoms with E-state index in [1.54, 1.807) is 31.2 Å². The maximum atomic E-state index is 13.2. The zero-order valence-electron chi connectivity index (χ0n) is 18.4. The van der Waals surface area contributed by atoms with Crippen molar-refractivity contribution in [2.75, 3.05) is 22.9 Å². The Balaban J connectivity index is 1.59. The summed E-state index contributed by atoms with van der Waals surface area (Å²) in [4.78, 5) is 34.0. The third kappa shape index (κ3) is 3.80. The highest BCUT2D eigenvalue weighted by Crippen LogP contribution is 2.43. The van der Waals surface area contributed by atoms with E-state index in [9.17, 15) is 14.7 Å². The summed E-state index contributed by atoms with van der Waals surface area (Å²) in [5.74, 6) is -0.622. The van der Waals surface area contributed by atoms with E-state index in [0.29, 0.717) is 22.8 Å². The van der Waals surface area contributed by atoms with E-state index in [0.717, 1.165) is 18.8 Å². The van der Waals surface area contributed by atoms with Crippen LogP contribution in [0.25, 0.3) is 5.76 Å². The number of carbonyl (C=O) groups is 2. The number of pyridine rings is 1. The summed E-state index contributed by atoms with van der Waals surface area (Å²) < 4.78 is 5.84. The number of aromatic nitrogens is 1. The fourth-order valence-corrected chi connectivity index (χ4v) is 4.61. The molecule has 0 saturated carbocycles. The molecule has 33 heavy (non-hydrogen) atoms. The van der Waals surface area contributed by atoms with Gasteiger partial charge in [-0.15, -0.1) is 0 Å². The average molecular weight is 444 g/mol. The van der Waals surface area contributed by atoms with Crippen LogP contribution in [-0.2, 0) is 9.59 Å². The van der Waals surface area contributed by atoms with E-state index in [2.05, 4.69) is 9.88 Å². The van der Waals surface area contributed by atoms with Gasteiger partial charge in [0.25, 0.3) is 11.7 Å². The van der Waals surface area contributed by atoms with E-state index >= 15 is 0 Å². The molecule has 2 aliphatic rings. The summed E-state index contributed by atoms with van der Waals surface area (Å²) in [6, 6.07) is 13.5. The number of hydrogen-bond donors (Lipinski definition) is 1. The van der Waals surface area contributed by atoms with E-state index in [1.165, 1.54) is 36.6 Å². The van der Waals surface area contributed by atoms with Gasteiger partial charge in [-0.25, -0.2) is 0 Å². The first-order valence-corrected chi connectivity index (χ1v) is 11.2. The average Bonchev–Trinajstić information content (AvgIpc) is 3.40. The van der Waals surface area contributed by atoms with Gasteiger partial charge in [-0.1, -0.05) is 0 Å². The van der Waals surface area contributed by atoms with Crippen LogP contribution in [0.4, 0.5) is 11.4 Å².